The molecule has 2 amide bonds. The Hall–Kier alpha value is -4.93. The molecule has 0 unspecified atom stereocenters. The molecule has 2 aromatic heterocycles. The van der Waals surface area contributed by atoms with Crippen LogP contribution in [0.3, 0.4) is 0 Å². The van der Waals surface area contributed by atoms with E-state index in [0.717, 1.165) is 35.2 Å². The number of amides is 2. The third kappa shape index (κ3) is 9.05. The third-order valence-corrected chi connectivity index (χ3v) is 6.08. The molecule has 220 valence electrons. The van der Waals surface area contributed by atoms with Crippen molar-refractivity contribution in [2.75, 3.05) is 18.4 Å². The van der Waals surface area contributed by atoms with Crippen molar-refractivity contribution in [2.24, 2.45) is 0 Å². The fourth-order valence-electron chi connectivity index (χ4n) is 4.09. The first-order chi connectivity index (χ1) is 20.2. The molecule has 0 spiro atoms. The number of carbonyl (C=O) groups is 3. The molecular weight excluding hydrogens is 536 g/mol. The number of ether oxygens (including phenoxy) is 2. The minimum atomic E-state index is -1.15. The number of hydrogen-bond acceptors (Lipinski definition) is 8. The zero-order valence-electron chi connectivity index (χ0n) is 24.0. The van der Waals surface area contributed by atoms with Crippen LogP contribution in [0, 0.1) is 0 Å². The first kappa shape index (κ1) is 30.0. The molecule has 0 saturated heterocycles. The molecule has 0 bridgehead atoms. The summed E-state index contributed by atoms with van der Waals surface area (Å²) in [5.41, 5.74) is 1.32. The lowest BCUT2D eigenvalue weighted by molar-refractivity contribution is -0.157. The van der Waals surface area contributed by atoms with Gasteiger partial charge in [0.25, 0.3) is 5.91 Å². The molecule has 0 aliphatic carbocycles. The zero-order chi connectivity index (χ0) is 30.0. The number of anilines is 1. The van der Waals surface area contributed by atoms with Gasteiger partial charge >= 0.3 is 12.1 Å². The van der Waals surface area contributed by atoms with Crippen LogP contribution in [0.4, 0.5) is 10.6 Å². The average Bonchev–Trinajstić information content (AvgIpc) is 3.38. The summed E-state index contributed by atoms with van der Waals surface area (Å²) in [6.07, 6.45) is 3.49. The van der Waals surface area contributed by atoms with Gasteiger partial charge in [0.15, 0.2) is 0 Å². The molecule has 42 heavy (non-hydrogen) atoms. The molecule has 0 fully saturated rings. The Morgan fingerprint density at radius 3 is 2.52 bits per heavy atom. The lowest BCUT2D eigenvalue weighted by Gasteiger charge is -2.24. The van der Waals surface area contributed by atoms with Gasteiger partial charge in [-0.25, -0.2) is 14.6 Å². The van der Waals surface area contributed by atoms with Gasteiger partial charge in [0.1, 0.15) is 24.1 Å². The summed E-state index contributed by atoms with van der Waals surface area (Å²) in [4.78, 5) is 42.5. The molecule has 4 rings (SSSR count). The number of nitrogens with zero attached hydrogens (tertiary/aromatic N) is 3. The number of hydrogen-bond donors (Lipinski definition) is 3. The SMILES string of the molecule is CC(C)(C)OC(=O)[C@H](CNC(=O)c1ccc2c(cnn2CCCNc2ccccn2)c1)NC(=O)OCc1ccccc1. The number of benzene rings is 2. The van der Waals surface area contributed by atoms with Gasteiger partial charge < -0.3 is 25.4 Å². The smallest absolute Gasteiger partial charge is 0.408 e. The molecule has 2 heterocycles. The summed E-state index contributed by atoms with van der Waals surface area (Å²) in [6.45, 7) is 6.45. The second-order valence-electron chi connectivity index (χ2n) is 10.6. The maximum Gasteiger partial charge on any atom is 0.408 e. The van der Waals surface area contributed by atoms with E-state index in [4.69, 9.17) is 9.47 Å². The summed E-state index contributed by atoms with van der Waals surface area (Å²) >= 11 is 0. The van der Waals surface area contributed by atoms with E-state index in [2.05, 4.69) is 26.0 Å². The first-order valence-corrected chi connectivity index (χ1v) is 13.8. The minimum Gasteiger partial charge on any atom is -0.458 e. The van der Waals surface area contributed by atoms with Crippen LogP contribution in [0.5, 0.6) is 0 Å². The van der Waals surface area contributed by atoms with Gasteiger partial charge in [0.05, 0.1) is 11.7 Å². The van der Waals surface area contributed by atoms with Gasteiger partial charge in [-0.1, -0.05) is 36.4 Å². The zero-order valence-corrected chi connectivity index (χ0v) is 24.0. The highest BCUT2D eigenvalue weighted by Crippen LogP contribution is 2.17. The van der Waals surface area contributed by atoms with Crippen molar-refractivity contribution in [1.82, 2.24) is 25.4 Å². The lowest BCUT2D eigenvalue weighted by Crippen LogP contribution is -2.50. The van der Waals surface area contributed by atoms with Crippen molar-refractivity contribution in [3.8, 4) is 0 Å². The number of pyridine rings is 1. The normalized spacial score (nSPS) is 11.9. The van der Waals surface area contributed by atoms with E-state index in [9.17, 15) is 14.4 Å². The molecule has 2 aromatic carbocycles. The Morgan fingerprint density at radius 1 is 1.00 bits per heavy atom. The predicted octanol–water partition coefficient (Wildman–Crippen LogP) is 4.30. The fourth-order valence-corrected chi connectivity index (χ4v) is 4.09. The van der Waals surface area contributed by atoms with Gasteiger partial charge in [-0.2, -0.15) is 5.10 Å². The maximum absolute atomic E-state index is 13.0. The van der Waals surface area contributed by atoms with Crippen molar-refractivity contribution < 1.29 is 23.9 Å². The molecule has 0 saturated carbocycles. The second kappa shape index (κ2) is 14.1. The molecule has 11 heteroatoms. The van der Waals surface area contributed by atoms with Crippen LogP contribution in [0.25, 0.3) is 10.9 Å². The van der Waals surface area contributed by atoms with Crippen molar-refractivity contribution in [3.63, 3.8) is 0 Å². The summed E-state index contributed by atoms with van der Waals surface area (Å²) in [7, 11) is 0. The van der Waals surface area contributed by atoms with E-state index in [-0.39, 0.29) is 13.2 Å². The number of carbonyl (C=O) groups excluding carboxylic acids is 3. The molecule has 0 aliphatic heterocycles. The van der Waals surface area contributed by atoms with Crippen LogP contribution in [0.2, 0.25) is 0 Å². The molecule has 1 atom stereocenters. The Kier molecular flexibility index (Phi) is 10.1. The lowest BCUT2D eigenvalue weighted by atomic mass is 10.1. The average molecular weight is 573 g/mol. The molecule has 0 aliphatic rings. The maximum atomic E-state index is 13.0. The van der Waals surface area contributed by atoms with Crippen LogP contribution >= 0.6 is 0 Å². The van der Waals surface area contributed by atoms with Crippen LogP contribution in [-0.2, 0) is 27.4 Å². The number of esters is 1. The quantitative estimate of drug-likeness (QED) is 0.169. The summed E-state index contributed by atoms with van der Waals surface area (Å²) < 4.78 is 12.6. The number of fused-ring (bicyclic) bond motifs is 1. The number of alkyl carbamates (subject to hydrolysis) is 1. The second-order valence-corrected chi connectivity index (χ2v) is 10.6. The van der Waals surface area contributed by atoms with Crippen LogP contribution in [-0.4, -0.2) is 57.5 Å². The van der Waals surface area contributed by atoms with Crippen molar-refractivity contribution in [2.45, 2.75) is 52.0 Å². The number of aromatic nitrogens is 3. The van der Waals surface area contributed by atoms with Crippen LogP contribution < -0.4 is 16.0 Å². The summed E-state index contributed by atoms with van der Waals surface area (Å²) in [6, 6.07) is 19.0. The standard InChI is InChI=1S/C31H36N6O5/c1-31(2,3)42-29(39)25(36-30(40)41-21-22-10-5-4-6-11-22)20-34-28(38)23-13-14-26-24(18-23)19-35-37(26)17-9-16-33-27-12-7-8-15-32-27/h4-8,10-15,18-19,25H,9,16-17,20-21H2,1-3H3,(H,32,33)(H,34,38)(H,36,40)/t25-/m0/s1. The number of aryl methyl sites for hydroxylation is 1. The highest BCUT2D eigenvalue weighted by atomic mass is 16.6. The minimum absolute atomic E-state index is 0.0362. The fraction of sp³-hybridized carbons (Fsp3) is 0.323. The Balaban J connectivity index is 1.33. The van der Waals surface area contributed by atoms with E-state index in [1.54, 1.807) is 45.3 Å². The Bertz CT molecular complexity index is 1480. The highest BCUT2D eigenvalue weighted by Gasteiger charge is 2.28. The van der Waals surface area contributed by atoms with Gasteiger partial charge in [-0.05, 0) is 63.1 Å². The molecule has 11 nitrogen and oxygen atoms in total. The van der Waals surface area contributed by atoms with Crippen LogP contribution in [0.1, 0.15) is 43.1 Å². The van der Waals surface area contributed by atoms with E-state index in [1.807, 2.05) is 59.3 Å². The van der Waals surface area contributed by atoms with E-state index >= 15 is 0 Å². The molecule has 0 radical (unpaired) electrons. The highest BCUT2D eigenvalue weighted by molar-refractivity contribution is 5.98. The van der Waals surface area contributed by atoms with Gasteiger partial charge in [0, 0.05) is 36.8 Å². The van der Waals surface area contributed by atoms with Crippen molar-refractivity contribution in [3.05, 3.63) is 90.3 Å². The van der Waals surface area contributed by atoms with E-state index in [1.165, 1.54) is 0 Å². The van der Waals surface area contributed by atoms with E-state index in [0.29, 0.717) is 12.1 Å². The Morgan fingerprint density at radius 2 is 1.79 bits per heavy atom. The van der Waals surface area contributed by atoms with Crippen LogP contribution in [0.15, 0.2) is 79.1 Å². The Labute approximate surface area is 244 Å². The molecule has 4 aromatic rings. The molecule has 3 N–H and O–H groups in total. The third-order valence-electron chi connectivity index (χ3n) is 6.08. The van der Waals surface area contributed by atoms with E-state index < -0.39 is 29.6 Å². The first-order valence-electron chi connectivity index (χ1n) is 13.8. The topological polar surface area (TPSA) is 136 Å². The number of rotatable bonds is 12. The van der Waals surface area contributed by atoms with Gasteiger partial charge in [0.2, 0.25) is 0 Å². The summed E-state index contributed by atoms with van der Waals surface area (Å²) in [5, 5.41) is 13.8. The number of nitrogens with one attached hydrogen (secondary N) is 3. The van der Waals surface area contributed by atoms with Gasteiger partial charge in [-0.3, -0.25) is 9.48 Å². The van der Waals surface area contributed by atoms with Crippen molar-refractivity contribution >= 4 is 34.7 Å². The molecular formula is C31H36N6O5. The summed E-state index contributed by atoms with van der Waals surface area (Å²) in [5.74, 6) is -0.266. The predicted molar refractivity (Wildman–Crippen MR) is 159 cm³/mol. The van der Waals surface area contributed by atoms with Gasteiger partial charge in [-0.15, -0.1) is 0 Å². The monoisotopic (exact) mass is 572 g/mol. The van der Waals surface area contributed by atoms with Crippen molar-refractivity contribution in [1.29, 1.82) is 0 Å². The largest absolute Gasteiger partial charge is 0.458 e.